The zero-order valence-corrected chi connectivity index (χ0v) is 15.1. The molecule has 0 aliphatic rings. The number of anilines is 1. The first-order valence-electron chi connectivity index (χ1n) is 5.59. The van der Waals surface area contributed by atoms with Crippen molar-refractivity contribution >= 4 is 59.7 Å². The molecule has 0 bridgehead atoms. The molecule has 2 heterocycles. The van der Waals surface area contributed by atoms with Gasteiger partial charge in [0.15, 0.2) is 0 Å². The molecule has 2 aromatic rings. The molecule has 7 nitrogen and oxygen atoms in total. The van der Waals surface area contributed by atoms with Gasteiger partial charge in [0.2, 0.25) is 15.4 Å². The summed E-state index contributed by atoms with van der Waals surface area (Å²) in [7, 11) is -2.25. The SMILES string of the molecule is CC(=O)Nc1nnc(S(=O)(=O)N(C)Cc2csc(Br)c2)s1. The van der Waals surface area contributed by atoms with Crippen LogP contribution in [0.5, 0.6) is 0 Å². The lowest BCUT2D eigenvalue weighted by molar-refractivity contribution is -0.114. The standard InChI is InChI=1S/C10H11BrN4O3S3/c1-6(16)12-9-13-14-10(20-9)21(17,18)15(2)4-7-3-8(11)19-5-7/h3,5H,4H2,1-2H3,(H,12,13,16). The maximum Gasteiger partial charge on any atom is 0.272 e. The minimum absolute atomic E-state index is 0.150. The van der Waals surface area contributed by atoms with Gasteiger partial charge >= 0.3 is 0 Å². The van der Waals surface area contributed by atoms with Crippen LogP contribution >= 0.6 is 38.6 Å². The molecule has 0 unspecified atom stereocenters. The van der Waals surface area contributed by atoms with Crippen molar-refractivity contribution in [3.8, 4) is 0 Å². The quantitative estimate of drug-likeness (QED) is 0.762. The van der Waals surface area contributed by atoms with Crippen LogP contribution in [-0.2, 0) is 21.4 Å². The summed E-state index contributed by atoms with van der Waals surface area (Å²) in [6, 6.07) is 1.86. The third-order valence-corrected chi connectivity index (χ3v) is 6.89. The monoisotopic (exact) mass is 410 g/mol. The third-order valence-electron chi connectivity index (χ3n) is 2.35. The first kappa shape index (κ1) is 16.5. The van der Waals surface area contributed by atoms with E-state index in [1.807, 2.05) is 11.4 Å². The summed E-state index contributed by atoms with van der Waals surface area (Å²) in [5, 5.41) is 11.7. The van der Waals surface area contributed by atoms with Gasteiger partial charge in [0.05, 0.1) is 3.79 Å². The number of nitrogens with one attached hydrogen (secondary N) is 1. The minimum Gasteiger partial charge on any atom is -0.301 e. The molecule has 2 rings (SSSR count). The Kier molecular flexibility index (Phi) is 5.09. The molecular formula is C10H11BrN4O3S3. The molecule has 2 aromatic heterocycles. The highest BCUT2D eigenvalue weighted by molar-refractivity contribution is 9.11. The molecule has 0 radical (unpaired) electrons. The first-order valence-corrected chi connectivity index (χ1v) is 9.52. The van der Waals surface area contributed by atoms with Crippen LogP contribution in [0.15, 0.2) is 19.6 Å². The largest absolute Gasteiger partial charge is 0.301 e. The van der Waals surface area contributed by atoms with Crippen LogP contribution in [0, 0.1) is 0 Å². The van der Waals surface area contributed by atoms with E-state index in [2.05, 4.69) is 31.4 Å². The average Bonchev–Trinajstić information content (AvgIpc) is 2.98. The van der Waals surface area contributed by atoms with Gasteiger partial charge in [-0.3, -0.25) is 4.79 Å². The van der Waals surface area contributed by atoms with Crippen LogP contribution in [0.1, 0.15) is 12.5 Å². The molecule has 0 saturated carbocycles. The van der Waals surface area contributed by atoms with Crippen molar-refractivity contribution in [2.24, 2.45) is 0 Å². The molecule has 11 heteroatoms. The van der Waals surface area contributed by atoms with E-state index in [-0.39, 0.29) is 21.9 Å². The summed E-state index contributed by atoms with van der Waals surface area (Å²) in [6.07, 6.45) is 0. The third kappa shape index (κ3) is 4.07. The van der Waals surface area contributed by atoms with Gasteiger partial charge in [0.1, 0.15) is 0 Å². The van der Waals surface area contributed by atoms with E-state index in [0.717, 1.165) is 20.7 Å². The van der Waals surface area contributed by atoms with E-state index in [9.17, 15) is 13.2 Å². The Morgan fingerprint density at radius 1 is 1.48 bits per heavy atom. The van der Waals surface area contributed by atoms with E-state index < -0.39 is 10.0 Å². The maximum absolute atomic E-state index is 12.4. The molecular weight excluding hydrogens is 400 g/mol. The summed E-state index contributed by atoms with van der Waals surface area (Å²) in [4.78, 5) is 10.9. The van der Waals surface area contributed by atoms with Gasteiger partial charge in [-0.2, -0.15) is 4.31 Å². The Morgan fingerprint density at radius 3 is 2.76 bits per heavy atom. The predicted octanol–water partition coefficient (Wildman–Crippen LogP) is 2.14. The van der Waals surface area contributed by atoms with Crippen LogP contribution in [0.25, 0.3) is 0 Å². The van der Waals surface area contributed by atoms with Gasteiger partial charge in [0.25, 0.3) is 10.0 Å². The topological polar surface area (TPSA) is 92.3 Å². The number of sulfonamides is 1. The van der Waals surface area contributed by atoms with Crippen molar-refractivity contribution in [1.29, 1.82) is 0 Å². The lowest BCUT2D eigenvalue weighted by Crippen LogP contribution is -2.26. The lowest BCUT2D eigenvalue weighted by atomic mass is 10.3. The van der Waals surface area contributed by atoms with Crippen LogP contribution in [-0.4, -0.2) is 35.9 Å². The Balaban J connectivity index is 2.16. The van der Waals surface area contributed by atoms with Gasteiger partial charge in [-0.15, -0.1) is 21.5 Å². The summed E-state index contributed by atoms with van der Waals surface area (Å²) in [6.45, 7) is 1.55. The van der Waals surface area contributed by atoms with Crippen LogP contribution < -0.4 is 5.32 Å². The summed E-state index contributed by atoms with van der Waals surface area (Å²) in [5.41, 5.74) is 0.879. The smallest absolute Gasteiger partial charge is 0.272 e. The number of halogens is 1. The molecule has 114 valence electrons. The fraction of sp³-hybridized carbons (Fsp3) is 0.300. The Labute approximate surface area is 138 Å². The molecule has 0 atom stereocenters. The molecule has 21 heavy (non-hydrogen) atoms. The van der Waals surface area contributed by atoms with Gasteiger partial charge in [-0.05, 0) is 32.9 Å². The van der Waals surface area contributed by atoms with Crippen molar-refractivity contribution in [3.63, 3.8) is 0 Å². The number of aromatic nitrogens is 2. The van der Waals surface area contributed by atoms with E-state index in [1.54, 1.807) is 0 Å². The van der Waals surface area contributed by atoms with Crippen molar-refractivity contribution in [2.45, 2.75) is 17.8 Å². The number of nitrogens with zero attached hydrogens (tertiary/aromatic N) is 3. The molecule has 0 saturated heterocycles. The first-order chi connectivity index (χ1) is 9.79. The van der Waals surface area contributed by atoms with Crippen molar-refractivity contribution in [1.82, 2.24) is 14.5 Å². The normalized spacial score (nSPS) is 11.8. The van der Waals surface area contributed by atoms with E-state index in [4.69, 9.17) is 0 Å². The maximum atomic E-state index is 12.4. The highest BCUT2D eigenvalue weighted by Crippen LogP contribution is 2.26. The lowest BCUT2D eigenvalue weighted by Gasteiger charge is -2.13. The van der Waals surface area contributed by atoms with Crippen molar-refractivity contribution in [2.75, 3.05) is 12.4 Å². The molecule has 0 aromatic carbocycles. The Morgan fingerprint density at radius 2 is 2.19 bits per heavy atom. The Bertz CT molecular complexity index is 755. The number of rotatable bonds is 5. The average molecular weight is 411 g/mol. The number of hydrogen-bond acceptors (Lipinski definition) is 7. The predicted molar refractivity (Wildman–Crippen MR) is 84.9 cm³/mol. The van der Waals surface area contributed by atoms with Crippen LogP contribution in [0.3, 0.4) is 0 Å². The highest BCUT2D eigenvalue weighted by atomic mass is 79.9. The fourth-order valence-electron chi connectivity index (χ4n) is 1.42. The summed E-state index contributed by atoms with van der Waals surface area (Å²) >= 11 is 5.64. The number of amides is 1. The zero-order valence-electron chi connectivity index (χ0n) is 11.0. The van der Waals surface area contributed by atoms with Crippen molar-refractivity contribution in [3.05, 3.63) is 20.8 Å². The molecule has 0 aliphatic carbocycles. The molecule has 0 spiro atoms. The van der Waals surface area contributed by atoms with Gasteiger partial charge in [-0.25, -0.2) is 8.42 Å². The van der Waals surface area contributed by atoms with Crippen LogP contribution in [0.2, 0.25) is 0 Å². The van der Waals surface area contributed by atoms with Gasteiger partial charge < -0.3 is 5.32 Å². The van der Waals surface area contributed by atoms with Gasteiger partial charge in [-0.1, -0.05) is 11.3 Å². The number of thiophene rings is 1. The number of carbonyl (C=O) groups excluding carboxylic acids is 1. The zero-order chi connectivity index (χ0) is 15.6. The minimum atomic E-state index is -3.73. The summed E-state index contributed by atoms with van der Waals surface area (Å²) < 4.78 is 26.7. The Hall–Kier alpha value is -0.880. The second kappa shape index (κ2) is 6.48. The van der Waals surface area contributed by atoms with E-state index in [0.29, 0.717) is 0 Å². The van der Waals surface area contributed by atoms with Gasteiger partial charge in [0, 0.05) is 20.5 Å². The second-order valence-corrected chi connectivity index (χ2v) is 9.56. The second-order valence-electron chi connectivity index (χ2n) is 4.07. The van der Waals surface area contributed by atoms with Crippen LogP contribution in [0.4, 0.5) is 5.13 Å². The molecule has 0 aliphatic heterocycles. The number of hydrogen-bond donors (Lipinski definition) is 1. The summed E-state index contributed by atoms with van der Waals surface area (Å²) in [5.74, 6) is -0.327. The fourth-order valence-corrected chi connectivity index (χ4v) is 4.91. The molecule has 1 N–H and O–H groups in total. The van der Waals surface area contributed by atoms with Crippen molar-refractivity contribution < 1.29 is 13.2 Å². The molecule has 0 fully saturated rings. The molecule has 1 amide bonds. The highest BCUT2D eigenvalue weighted by Gasteiger charge is 2.26. The number of carbonyl (C=O) groups is 1. The van der Waals surface area contributed by atoms with E-state index >= 15 is 0 Å². The van der Waals surface area contributed by atoms with E-state index in [1.165, 1.54) is 29.6 Å².